The molecule has 0 radical (unpaired) electrons. The number of fused-ring (bicyclic) bond motifs is 2. The van der Waals surface area contributed by atoms with Crippen molar-refractivity contribution in [2.24, 2.45) is 7.05 Å². The van der Waals surface area contributed by atoms with Crippen LogP contribution in [0.5, 0.6) is 0 Å². The van der Waals surface area contributed by atoms with Gasteiger partial charge in [0.2, 0.25) is 5.69 Å². The van der Waals surface area contributed by atoms with E-state index in [0.717, 1.165) is 0 Å². The molecule has 0 aliphatic carbocycles. The molecule has 0 aliphatic heterocycles. The number of benzene rings is 1. The summed E-state index contributed by atoms with van der Waals surface area (Å²) in [6.45, 7) is 2.18. The van der Waals surface area contributed by atoms with Crippen LogP contribution in [0, 0.1) is 6.92 Å². The Morgan fingerprint density at radius 2 is 1.90 bits per heavy atom. The van der Waals surface area contributed by atoms with Crippen molar-refractivity contribution in [3.05, 3.63) is 72.7 Å². The lowest BCUT2D eigenvalue weighted by molar-refractivity contribution is -0.660. The molecule has 4 aromatic rings. The molecule has 2 heteroatoms. The van der Waals surface area contributed by atoms with Gasteiger partial charge < -0.3 is 4.40 Å². The molecule has 0 N–H and O–H groups in total. The van der Waals surface area contributed by atoms with Gasteiger partial charge >= 0.3 is 0 Å². The monoisotopic (exact) mass is 273 g/mol. The van der Waals surface area contributed by atoms with Crippen LogP contribution in [0.1, 0.15) is 5.56 Å². The molecule has 0 bridgehead atoms. The van der Waals surface area contributed by atoms with Crippen molar-refractivity contribution < 1.29 is 4.57 Å². The SMILES string of the molecule is Cc1ccc2cc3cccn3cc2c1-c1cccc[n+]1C. The number of hydrogen-bond acceptors (Lipinski definition) is 0. The molecule has 102 valence electrons. The molecule has 0 amide bonds. The molecule has 0 unspecified atom stereocenters. The zero-order valence-electron chi connectivity index (χ0n) is 12.2. The molecule has 0 saturated heterocycles. The summed E-state index contributed by atoms with van der Waals surface area (Å²) in [5, 5.41) is 2.58. The molecule has 0 saturated carbocycles. The van der Waals surface area contributed by atoms with E-state index >= 15 is 0 Å². The van der Waals surface area contributed by atoms with Gasteiger partial charge in [-0.1, -0.05) is 12.1 Å². The summed E-state index contributed by atoms with van der Waals surface area (Å²) < 4.78 is 4.37. The lowest BCUT2D eigenvalue weighted by Gasteiger charge is -2.10. The second-order valence-corrected chi connectivity index (χ2v) is 5.57. The molecular weight excluding hydrogens is 256 g/mol. The summed E-state index contributed by atoms with van der Waals surface area (Å²) >= 11 is 0. The molecule has 4 rings (SSSR count). The molecule has 0 aliphatic rings. The van der Waals surface area contributed by atoms with E-state index in [1.54, 1.807) is 0 Å². The molecule has 3 aromatic heterocycles. The number of aryl methyl sites for hydroxylation is 2. The minimum atomic E-state index is 1.23. The maximum Gasteiger partial charge on any atom is 0.213 e. The number of pyridine rings is 2. The third-order valence-corrected chi connectivity index (χ3v) is 4.18. The zero-order chi connectivity index (χ0) is 14.4. The van der Waals surface area contributed by atoms with Crippen molar-refractivity contribution in [3.8, 4) is 11.3 Å². The Kier molecular flexibility index (Phi) is 2.58. The van der Waals surface area contributed by atoms with Crippen LogP contribution >= 0.6 is 0 Å². The van der Waals surface area contributed by atoms with Crippen molar-refractivity contribution in [1.29, 1.82) is 0 Å². The standard InChI is InChI=1S/C19H17N2/c1-14-8-9-15-12-16-6-5-11-21(16)13-17(15)19(14)18-7-3-4-10-20(18)2/h3-13H,1-2H3/q+1. The summed E-state index contributed by atoms with van der Waals surface area (Å²) in [7, 11) is 2.10. The summed E-state index contributed by atoms with van der Waals surface area (Å²) in [4.78, 5) is 0. The van der Waals surface area contributed by atoms with Crippen LogP contribution in [0.2, 0.25) is 0 Å². The van der Waals surface area contributed by atoms with Gasteiger partial charge in [-0.25, -0.2) is 4.57 Å². The highest BCUT2D eigenvalue weighted by molar-refractivity contribution is 5.98. The summed E-state index contributed by atoms with van der Waals surface area (Å²) in [6.07, 6.45) is 6.44. The molecule has 0 fully saturated rings. The van der Waals surface area contributed by atoms with Crippen molar-refractivity contribution in [3.63, 3.8) is 0 Å². The third-order valence-electron chi connectivity index (χ3n) is 4.18. The largest absolute Gasteiger partial charge is 0.323 e. The van der Waals surface area contributed by atoms with Crippen molar-refractivity contribution in [1.82, 2.24) is 4.40 Å². The Morgan fingerprint density at radius 3 is 2.76 bits per heavy atom. The highest BCUT2D eigenvalue weighted by Gasteiger charge is 2.15. The van der Waals surface area contributed by atoms with Gasteiger partial charge in [-0.15, -0.1) is 0 Å². The van der Waals surface area contributed by atoms with E-state index in [1.165, 1.54) is 33.1 Å². The second kappa shape index (κ2) is 4.45. The predicted octanol–water partition coefficient (Wildman–Crippen LogP) is 3.89. The van der Waals surface area contributed by atoms with Crippen LogP contribution in [0.25, 0.3) is 27.5 Å². The molecule has 0 spiro atoms. The van der Waals surface area contributed by atoms with Crippen molar-refractivity contribution >= 4 is 16.3 Å². The lowest BCUT2D eigenvalue weighted by atomic mass is 9.98. The molecule has 21 heavy (non-hydrogen) atoms. The number of aromatic nitrogens is 2. The van der Waals surface area contributed by atoms with Gasteiger partial charge in [0.1, 0.15) is 7.05 Å². The summed E-state index contributed by atoms with van der Waals surface area (Å²) in [5.74, 6) is 0. The Morgan fingerprint density at radius 1 is 1.00 bits per heavy atom. The summed E-state index contributed by atoms with van der Waals surface area (Å²) in [6, 6.07) is 17.2. The topological polar surface area (TPSA) is 8.29 Å². The van der Waals surface area contributed by atoms with Gasteiger partial charge in [-0.05, 0) is 42.1 Å². The molecule has 1 aromatic carbocycles. The van der Waals surface area contributed by atoms with Gasteiger partial charge in [0, 0.05) is 35.4 Å². The first kappa shape index (κ1) is 12.2. The van der Waals surface area contributed by atoms with Crippen LogP contribution in [0.3, 0.4) is 0 Å². The lowest BCUT2D eigenvalue weighted by Crippen LogP contribution is -2.30. The minimum absolute atomic E-state index is 1.23. The van der Waals surface area contributed by atoms with Gasteiger partial charge in [0.05, 0.1) is 5.56 Å². The predicted molar refractivity (Wildman–Crippen MR) is 86.3 cm³/mol. The molecule has 2 nitrogen and oxygen atoms in total. The Balaban J connectivity index is 2.16. The Bertz CT molecular complexity index is 964. The fraction of sp³-hybridized carbons (Fsp3) is 0.105. The molecular formula is C19H17N2+. The maximum atomic E-state index is 2.25. The Labute approximate surface area is 123 Å². The van der Waals surface area contributed by atoms with Gasteiger partial charge in [0.15, 0.2) is 6.20 Å². The average Bonchev–Trinajstić information content (AvgIpc) is 2.94. The molecule has 0 atom stereocenters. The van der Waals surface area contributed by atoms with Crippen LogP contribution in [-0.4, -0.2) is 4.40 Å². The Hall–Kier alpha value is -2.61. The number of rotatable bonds is 1. The van der Waals surface area contributed by atoms with Crippen LogP contribution in [0.15, 0.2) is 67.1 Å². The van der Waals surface area contributed by atoms with E-state index in [0.29, 0.717) is 0 Å². The normalized spacial score (nSPS) is 11.3. The minimum Gasteiger partial charge on any atom is -0.323 e. The van der Waals surface area contributed by atoms with Gasteiger partial charge in [0.25, 0.3) is 0 Å². The van der Waals surface area contributed by atoms with Gasteiger partial charge in [-0.3, -0.25) is 0 Å². The second-order valence-electron chi connectivity index (χ2n) is 5.57. The first-order valence-electron chi connectivity index (χ1n) is 7.19. The smallest absolute Gasteiger partial charge is 0.213 e. The number of nitrogens with zero attached hydrogens (tertiary/aromatic N) is 2. The fourth-order valence-electron chi connectivity index (χ4n) is 3.08. The first-order valence-corrected chi connectivity index (χ1v) is 7.19. The highest BCUT2D eigenvalue weighted by Crippen LogP contribution is 2.30. The van der Waals surface area contributed by atoms with E-state index in [4.69, 9.17) is 0 Å². The van der Waals surface area contributed by atoms with E-state index in [2.05, 4.69) is 90.1 Å². The van der Waals surface area contributed by atoms with Crippen molar-refractivity contribution in [2.75, 3.05) is 0 Å². The van der Waals surface area contributed by atoms with E-state index in [1.807, 2.05) is 0 Å². The fourth-order valence-corrected chi connectivity index (χ4v) is 3.08. The highest BCUT2D eigenvalue weighted by atomic mass is 14.9. The maximum absolute atomic E-state index is 2.25. The van der Waals surface area contributed by atoms with Crippen LogP contribution in [-0.2, 0) is 7.05 Å². The average molecular weight is 273 g/mol. The van der Waals surface area contributed by atoms with Crippen LogP contribution < -0.4 is 4.57 Å². The molecule has 3 heterocycles. The quantitative estimate of drug-likeness (QED) is 0.465. The van der Waals surface area contributed by atoms with Crippen molar-refractivity contribution in [2.45, 2.75) is 6.92 Å². The third kappa shape index (κ3) is 1.83. The first-order chi connectivity index (χ1) is 10.2. The number of hydrogen-bond donors (Lipinski definition) is 0. The summed E-state index contributed by atoms with van der Waals surface area (Å²) in [5.41, 5.74) is 5.09. The van der Waals surface area contributed by atoms with E-state index in [-0.39, 0.29) is 0 Å². The van der Waals surface area contributed by atoms with Crippen LogP contribution in [0.4, 0.5) is 0 Å². The van der Waals surface area contributed by atoms with E-state index in [9.17, 15) is 0 Å². The van der Waals surface area contributed by atoms with Gasteiger partial charge in [-0.2, -0.15) is 0 Å². The van der Waals surface area contributed by atoms with E-state index < -0.39 is 0 Å². The zero-order valence-corrected chi connectivity index (χ0v) is 12.2.